The summed E-state index contributed by atoms with van der Waals surface area (Å²) in [4.78, 5) is 23.9. The molecule has 3 rings (SSSR count). The second kappa shape index (κ2) is 8.06. The summed E-state index contributed by atoms with van der Waals surface area (Å²) in [5.74, 6) is -5.49. The van der Waals surface area contributed by atoms with Crippen LogP contribution in [-0.2, 0) is 32.8 Å². The van der Waals surface area contributed by atoms with E-state index in [-0.39, 0.29) is 22.9 Å². The molecular formula is C25H29F2NO3. The summed E-state index contributed by atoms with van der Waals surface area (Å²) in [6.45, 7) is 8.29. The number of amides is 1. The van der Waals surface area contributed by atoms with E-state index in [1.807, 2.05) is 0 Å². The van der Waals surface area contributed by atoms with Crippen LogP contribution in [0.15, 0.2) is 42.5 Å². The molecule has 1 amide bonds. The van der Waals surface area contributed by atoms with Crippen molar-refractivity contribution < 1.29 is 23.1 Å². The second-order valence-corrected chi connectivity index (χ2v) is 9.47. The van der Waals surface area contributed by atoms with Gasteiger partial charge in [-0.3, -0.25) is 4.79 Å². The van der Waals surface area contributed by atoms with Crippen molar-refractivity contribution in [2.24, 2.45) is 0 Å². The Morgan fingerprint density at radius 2 is 1.55 bits per heavy atom. The molecule has 0 atom stereocenters. The zero-order valence-electron chi connectivity index (χ0n) is 18.6. The number of hydrogen-bond donors (Lipinski definition) is 1. The Bertz CT molecular complexity index is 994. The van der Waals surface area contributed by atoms with Gasteiger partial charge in [0.05, 0.1) is 12.7 Å². The Labute approximate surface area is 182 Å². The van der Waals surface area contributed by atoms with E-state index in [2.05, 4.69) is 37.7 Å². The normalized spacial score (nSPS) is 16.9. The quantitative estimate of drug-likeness (QED) is 0.662. The smallest absolute Gasteiger partial charge is 0.349 e. The topological polar surface area (TPSA) is 55.4 Å². The molecule has 0 heterocycles. The summed E-state index contributed by atoms with van der Waals surface area (Å²) in [6, 6.07) is 10.9. The van der Waals surface area contributed by atoms with Gasteiger partial charge in [0.25, 0.3) is 5.91 Å². The molecule has 1 N–H and O–H groups in total. The number of methoxy groups -OCH3 is 1. The van der Waals surface area contributed by atoms with Crippen molar-refractivity contribution in [1.82, 2.24) is 5.32 Å². The van der Waals surface area contributed by atoms with E-state index in [0.717, 1.165) is 24.0 Å². The highest BCUT2D eigenvalue weighted by Gasteiger charge is 2.43. The van der Waals surface area contributed by atoms with E-state index in [0.29, 0.717) is 11.1 Å². The number of carbonyl (C=O) groups is 2. The predicted octanol–water partition coefficient (Wildman–Crippen LogP) is 5.23. The van der Waals surface area contributed by atoms with Crippen LogP contribution in [-0.4, -0.2) is 19.0 Å². The minimum Gasteiger partial charge on any atom is -0.465 e. The van der Waals surface area contributed by atoms with Gasteiger partial charge in [-0.1, -0.05) is 52.0 Å². The fourth-order valence-corrected chi connectivity index (χ4v) is 4.08. The van der Waals surface area contributed by atoms with E-state index in [1.54, 1.807) is 18.2 Å². The highest BCUT2D eigenvalue weighted by Crippen LogP contribution is 2.47. The van der Waals surface area contributed by atoms with E-state index >= 15 is 8.78 Å². The SMILES string of the molecule is COC(=O)c1ccc(CNC(=O)C(F)(F)c2ccc3c(c2)C(C)(C)CCC3(C)C)cc1. The van der Waals surface area contributed by atoms with Crippen molar-refractivity contribution >= 4 is 11.9 Å². The monoisotopic (exact) mass is 429 g/mol. The number of esters is 1. The molecule has 2 aromatic rings. The van der Waals surface area contributed by atoms with Crippen LogP contribution in [0.4, 0.5) is 8.78 Å². The zero-order valence-corrected chi connectivity index (χ0v) is 18.6. The molecule has 1 aliphatic rings. The van der Waals surface area contributed by atoms with Gasteiger partial charge in [0.2, 0.25) is 0 Å². The molecule has 4 nitrogen and oxygen atoms in total. The van der Waals surface area contributed by atoms with Crippen molar-refractivity contribution in [3.63, 3.8) is 0 Å². The van der Waals surface area contributed by atoms with Gasteiger partial charge in [0.15, 0.2) is 0 Å². The van der Waals surface area contributed by atoms with Crippen LogP contribution in [0.25, 0.3) is 0 Å². The number of carbonyl (C=O) groups excluding carboxylic acids is 2. The number of hydrogen-bond acceptors (Lipinski definition) is 3. The highest BCUT2D eigenvalue weighted by atomic mass is 19.3. The number of fused-ring (bicyclic) bond motifs is 1. The number of rotatable bonds is 5. The van der Waals surface area contributed by atoms with E-state index in [9.17, 15) is 9.59 Å². The predicted molar refractivity (Wildman–Crippen MR) is 115 cm³/mol. The molecule has 1 aliphatic carbocycles. The molecule has 2 aromatic carbocycles. The van der Waals surface area contributed by atoms with Crippen molar-refractivity contribution in [3.8, 4) is 0 Å². The minimum absolute atomic E-state index is 0.0701. The van der Waals surface area contributed by atoms with Gasteiger partial charge in [0.1, 0.15) is 0 Å². The van der Waals surface area contributed by atoms with Crippen LogP contribution in [0.1, 0.15) is 73.1 Å². The van der Waals surface area contributed by atoms with Crippen molar-refractivity contribution in [1.29, 1.82) is 0 Å². The lowest BCUT2D eigenvalue weighted by atomic mass is 9.63. The maximum Gasteiger partial charge on any atom is 0.349 e. The second-order valence-electron chi connectivity index (χ2n) is 9.47. The van der Waals surface area contributed by atoms with E-state index < -0.39 is 17.8 Å². The highest BCUT2D eigenvalue weighted by molar-refractivity contribution is 5.89. The van der Waals surface area contributed by atoms with Gasteiger partial charge in [-0.15, -0.1) is 0 Å². The van der Waals surface area contributed by atoms with Gasteiger partial charge in [0, 0.05) is 12.1 Å². The molecule has 0 bridgehead atoms. The number of alkyl halides is 2. The Morgan fingerprint density at radius 3 is 2.13 bits per heavy atom. The fraction of sp³-hybridized carbons (Fsp3) is 0.440. The Morgan fingerprint density at radius 1 is 0.968 bits per heavy atom. The van der Waals surface area contributed by atoms with Crippen LogP contribution in [0, 0.1) is 0 Å². The third-order valence-corrected chi connectivity index (χ3v) is 6.33. The maximum atomic E-state index is 15.0. The van der Waals surface area contributed by atoms with Crippen molar-refractivity contribution in [2.75, 3.05) is 7.11 Å². The summed E-state index contributed by atoms with van der Waals surface area (Å²) in [6.07, 6.45) is 1.88. The van der Waals surface area contributed by atoms with Crippen LogP contribution >= 0.6 is 0 Å². The average Bonchev–Trinajstić information content (AvgIpc) is 2.74. The molecule has 0 unspecified atom stereocenters. The maximum absolute atomic E-state index is 15.0. The molecule has 31 heavy (non-hydrogen) atoms. The third-order valence-electron chi connectivity index (χ3n) is 6.33. The summed E-state index contributed by atoms with van der Waals surface area (Å²) in [7, 11) is 1.28. The van der Waals surface area contributed by atoms with E-state index in [1.165, 1.54) is 31.4 Å². The number of benzene rings is 2. The number of ether oxygens (including phenoxy) is 1. The van der Waals surface area contributed by atoms with Crippen LogP contribution in [0.5, 0.6) is 0 Å². The Kier molecular flexibility index (Phi) is 5.96. The van der Waals surface area contributed by atoms with Gasteiger partial charge in [-0.2, -0.15) is 8.78 Å². The molecule has 0 aliphatic heterocycles. The van der Waals surface area contributed by atoms with Gasteiger partial charge in [-0.05, 0) is 58.6 Å². The summed E-state index contributed by atoms with van der Waals surface area (Å²) in [5, 5.41) is 2.31. The first kappa shape index (κ1) is 22.9. The van der Waals surface area contributed by atoms with Crippen molar-refractivity contribution in [2.45, 2.75) is 63.8 Å². The van der Waals surface area contributed by atoms with Gasteiger partial charge < -0.3 is 10.1 Å². The van der Waals surface area contributed by atoms with Crippen molar-refractivity contribution in [3.05, 3.63) is 70.3 Å². The summed E-state index contributed by atoms with van der Waals surface area (Å²) < 4.78 is 34.6. The van der Waals surface area contributed by atoms with Gasteiger partial charge in [-0.25, -0.2) is 4.79 Å². The minimum atomic E-state index is -3.65. The average molecular weight is 430 g/mol. The lowest BCUT2D eigenvalue weighted by molar-refractivity contribution is -0.147. The molecular weight excluding hydrogens is 400 g/mol. The first-order valence-electron chi connectivity index (χ1n) is 10.4. The Balaban J connectivity index is 1.78. The Hall–Kier alpha value is -2.76. The number of nitrogens with one attached hydrogen (secondary N) is 1. The zero-order chi connectivity index (χ0) is 23.0. The lowest BCUT2D eigenvalue weighted by Gasteiger charge is -2.42. The molecule has 0 spiro atoms. The summed E-state index contributed by atoms with van der Waals surface area (Å²) in [5.41, 5.74) is 2.29. The third kappa shape index (κ3) is 4.48. The van der Waals surface area contributed by atoms with E-state index in [4.69, 9.17) is 0 Å². The molecule has 0 aromatic heterocycles. The molecule has 0 fully saturated rings. The van der Waals surface area contributed by atoms with Crippen LogP contribution < -0.4 is 5.32 Å². The molecule has 0 radical (unpaired) electrons. The molecule has 0 saturated carbocycles. The summed E-state index contributed by atoms with van der Waals surface area (Å²) >= 11 is 0. The fourth-order valence-electron chi connectivity index (χ4n) is 4.08. The van der Waals surface area contributed by atoms with Crippen LogP contribution in [0.3, 0.4) is 0 Å². The molecule has 6 heteroatoms. The first-order valence-corrected chi connectivity index (χ1v) is 10.4. The molecule has 166 valence electrons. The standard InChI is InChI=1S/C25H29F2NO3/c1-23(2)12-13-24(3,4)20-14-18(10-11-19(20)23)25(26,27)22(30)28-15-16-6-8-17(9-7-16)21(29)31-5/h6-11,14H,12-13,15H2,1-5H3,(H,28,30). The first-order chi connectivity index (χ1) is 14.4. The van der Waals surface area contributed by atoms with Gasteiger partial charge >= 0.3 is 11.9 Å². The largest absolute Gasteiger partial charge is 0.465 e. The molecule has 0 saturated heterocycles. The number of halogens is 2. The lowest BCUT2D eigenvalue weighted by Crippen LogP contribution is -2.39. The van der Waals surface area contributed by atoms with Crippen LogP contribution in [0.2, 0.25) is 0 Å².